The number of thioether (sulfide) groups is 1. The van der Waals surface area contributed by atoms with E-state index >= 15 is 0 Å². The van der Waals surface area contributed by atoms with Crippen molar-refractivity contribution in [1.29, 1.82) is 0 Å². The highest BCUT2D eigenvalue weighted by Crippen LogP contribution is 2.33. The van der Waals surface area contributed by atoms with Gasteiger partial charge in [0.1, 0.15) is 4.32 Å². The topological polar surface area (TPSA) is 45.3 Å². The zero-order chi connectivity index (χ0) is 19.7. The van der Waals surface area contributed by atoms with Gasteiger partial charge in [0.2, 0.25) is 6.79 Å². The molecule has 150 valence electrons. The third-order valence-electron chi connectivity index (χ3n) is 4.97. The number of fused-ring (bicyclic) bond motifs is 1. The summed E-state index contributed by atoms with van der Waals surface area (Å²) in [4.78, 5) is 19.7. The number of hydrogen-bond donors (Lipinski definition) is 0. The van der Waals surface area contributed by atoms with Crippen LogP contribution in [-0.4, -0.2) is 64.4 Å². The van der Waals surface area contributed by atoms with E-state index in [1.807, 2.05) is 12.3 Å². The van der Waals surface area contributed by atoms with Crippen LogP contribution < -0.4 is 9.47 Å². The molecule has 0 saturated carbocycles. The summed E-state index contributed by atoms with van der Waals surface area (Å²) in [6, 6.07) is 6.14. The maximum atomic E-state index is 12.6. The Hall–Kier alpha value is -1.77. The fourth-order valence-corrected chi connectivity index (χ4v) is 4.81. The van der Waals surface area contributed by atoms with Gasteiger partial charge >= 0.3 is 0 Å². The molecule has 1 aromatic rings. The van der Waals surface area contributed by atoms with Crippen molar-refractivity contribution in [2.75, 3.05) is 39.5 Å². The quantitative estimate of drug-likeness (QED) is 0.537. The molecule has 3 aliphatic rings. The molecule has 3 heterocycles. The molecular formula is C20H25N3O3S2. The van der Waals surface area contributed by atoms with E-state index in [0.29, 0.717) is 23.6 Å². The van der Waals surface area contributed by atoms with Gasteiger partial charge < -0.3 is 14.4 Å². The molecule has 28 heavy (non-hydrogen) atoms. The van der Waals surface area contributed by atoms with Crippen molar-refractivity contribution in [3.63, 3.8) is 0 Å². The fraction of sp³-hybridized carbons (Fsp3) is 0.500. The molecule has 0 radical (unpaired) electrons. The van der Waals surface area contributed by atoms with Gasteiger partial charge in [-0.3, -0.25) is 14.6 Å². The zero-order valence-electron chi connectivity index (χ0n) is 16.2. The van der Waals surface area contributed by atoms with Crippen LogP contribution in [-0.2, 0) is 11.3 Å². The highest BCUT2D eigenvalue weighted by atomic mass is 32.2. The summed E-state index contributed by atoms with van der Waals surface area (Å²) >= 11 is 6.81. The highest BCUT2D eigenvalue weighted by Gasteiger charge is 2.33. The fourth-order valence-electron chi connectivity index (χ4n) is 3.53. The van der Waals surface area contributed by atoms with Crippen molar-refractivity contribution in [1.82, 2.24) is 14.7 Å². The van der Waals surface area contributed by atoms with Crippen LogP contribution in [0, 0.1) is 5.92 Å². The van der Waals surface area contributed by atoms with Crippen molar-refractivity contribution in [2.45, 2.75) is 20.4 Å². The summed E-state index contributed by atoms with van der Waals surface area (Å²) in [5.74, 6) is 2.11. The standard InChI is InChI=1S/C20H25N3O3S2/c1-14(2)10-23-19(24)18(28-20(23)27)12-22-7-5-21(6-8-22)11-15-3-4-16-17(9-15)26-13-25-16/h3-4,9,12,14H,5-8,10-11,13H2,1-2H3/b18-12-. The molecule has 0 bridgehead atoms. The summed E-state index contributed by atoms with van der Waals surface area (Å²) in [5, 5.41) is 0. The minimum atomic E-state index is 0.0477. The second-order valence-electron chi connectivity index (χ2n) is 7.67. The minimum Gasteiger partial charge on any atom is -0.454 e. The monoisotopic (exact) mass is 419 g/mol. The summed E-state index contributed by atoms with van der Waals surface area (Å²) < 4.78 is 11.5. The normalized spacial score (nSPS) is 21.5. The third kappa shape index (κ3) is 4.29. The average Bonchev–Trinajstić information content (AvgIpc) is 3.23. The van der Waals surface area contributed by atoms with Crippen LogP contribution in [0.2, 0.25) is 0 Å². The van der Waals surface area contributed by atoms with Crippen LogP contribution in [0.3, 0.4) is 0 Å². The molecule has 4 rings (SSSR count). The van der Waals surface area contributed by atoms with Gasteiger partial charge in [-0.15, -0.1) is 0 Å². The second-order valence-corrected chi connectivity index (χ2v) is 9.35. The number of piperazine rings is 1. The predicted octanol–water partition coefficient (Wildman–Crippen LogP) is 2.89. The van der Waals surface area contributed by atoms with Crippen molar-refractivity contribution < 1.29 is 14.3 Å². The van der Waals surface area contributed by atoms with E-state index in [1.165, 1.54) is 17.3 Å². The number of carbonyl (C=O) groups is 1. The number of rotatable bonds is 5. The molecule has 2 saturated heterocycles. The van der Waals surface area contributed by atoms with Crippen LogP contribution in [0.15, 0.2) is 29.3 Å². The van der Waals surface area contributed by atoms with Crippen molar-refractivity contribution in [3.8, 4) is 11.5 Å². The average molecular weight is 420 g/mol. The highest BCUT2D eigenvalue weighted by molar-refractivity contribution is 8.26. The molecule has 0 atom stereocenters. The van der Waals surface area contributed by atoms with E-state index < -0.39 is 0 Å². The van der Waals surface area contributed by atoms with Crippen molar-refractivity contribution >= 4 is 34.2 Å². The predicted molar refractivity (Wildman–Crippen MR) is 114 cm³/mol. The number of carbonyl (C=O) groups excluding carboxylic acids is 1. The van der Waals surface area contributed by atoms with Crippen LogP contribution >= 0.6 is 24.0 Å². The largest absolute Gasteiger partial charge is 0.454 e. The summed E-state index contributed by atoms with van der Waals surface area (Å²) in [6.07, 6.45) is 2.00. The van der Waals surface area contributed by atoms with Gasteiger partial charge in [-0.25, -0.2) is 0 Å². The molecule has 1 aromatic carbocycles. The molecule has 2 fully saturated rings. The van der Waals surface area contributed by atoms with Crippen molar-refractivity contribution in [3.05, 3.63) is 34.9 Å². The number of hydrogen-bond acceptors (Lipinski definition) is 7. The molecule has 3 aliphatic heterocycles. The Kier molecular flexibility index (Phi) is 5.80. The second kappa shape index (κ2) is 8.31. The minimum absolute atomic E-state index is 0.0477. The molecule has 0 unspecified atom stereocenters. The van der Waals surface area contributed by atoms with Gasteiger partial charge in [-0.05, 0) is 23.6 Å². The lowest BCUT2D eigenvalue weighted by atomic mass is 10.1. The number of amides is 1. The molecule has 6 nitrogen and oxygen atoms in total. The van der Waals surface area contributed by atoms with E-state index in [4.69, 9.17) is 21.7 Å². The van der Waals surface area contributed by atoms with Gasteiger partial charge in [-0.2, -0.15) is 0 Å². The Labute approximate surface area is 175 Å². The number of thiocarbonyl (C=S) groups is 1. The maximum absolute atomic E-state index is 12.6. The first-order chi connectivity index (χ1) is 13.5. The molecule has 0 spiro atoms. The van der Waals surface area contributed by atoms with E-state index in [2.05, 4.69) is 35.8 Å². The van der Waals surface area contributed by atoms with Crippen LogP contribution in [0.25, 0.3) is 0 Å². The Morgan fingerprint density at radius 1 is 1.18 bits per heavy atom. The van der Waals surface area contributed by atoms with Gasteiger partial charge in [0.25, 0.3) is 5.91 Å². The van der Waals surface area contributed by atoms with E-state index in [9.17, 15) is 4.79 Å². The zero-order valence-corrected chi connectivity index (χ0v) is 17.9. The summed E-state index contributed by atoms with van der Waals surface area (Å²) in [6.45, 7) is 9.79. The molecule has 0 aliphatic carbocycles. The Morgan fingerprint density at radius 2 is 1.93 bits per heavy atom. The molecule has 0 aromatic heterocycles. The van der Waals surface area contributed by atoms with E-state index in [0.717, 1.165) is 49.1 Å². The molecule has 0 N–H and O–H groups in total. The van der Waals surface area contributed by atoms with E-state index in [1.54, 1.807) is 4.90 Å². The lowest BCUT2D eigenvalue weighted by Crippen LogP contribution is -2.43. The van der Waals surface area contributed by atoms with Gasteiger partial charge in [0.05, 0.1) is 4.91 Å². The third-order valence-corrected chi connectivity index (χ3v) is 6.34. The summed E-state index contributed by atoms with van der Waals surface area (Å²) in [5.41, 5.74) is 1.23. The Balaban J connectivity index is 1.31. The van der Waals surface area contributed by atoms with Gasteiger partial charge in [0, 0.05) is 45.5 Å². The van der Waals surface area contributed by atoms with Crippen molar-refractivity contribution in [2.24, 2.45) is 5.92 Å². The smallest absolute Gasteiger partial charge is 0.267 e. The first-order valence-corrected chi connectivity index (χ1v) is 10.8. The number of benzene rings is 1. The summed E-state index contributed by atoms with van der Waals surface area (Å²) in [7, 11) is 0. The van der Waals surface area contributed by atoms with Gasteiger partial charge in [-0.1, -0.05) is 43.9 Å². The number of ether oxygens (including phenoxy) is 2. The Bertz CT molecular complexity index is 804. The Morgan fingerprint density at radius 3 is 2.68 bits per heavy atom. The van der Waals surface area contributed by atoms with Gasteiger partial charge in [0.15, 0.2) is 11.5 Å². The van der Waals surface area contributed by atoms with Crippen LogP contribution in [0.1, 0.15) is 19.4 Å². The molecular weight excluding hydrogens is 394 g/mol. The first kappa shape index (κ1) is 19.5. The maximum Gasteiger partial charge on any atom is 0.267 e. The molecule has 8 heteroatoms. The van der Waals surface area contributed by atoms with Crippen LogP contribution in [0.5, 0.6) is 11.5 Å². The number of nitrogens with zero attached hydrogens (tertiary/aromatic N) is 3. The lowest BCUT2D eigenvalue weighted by Gasteiger charge is -2.34. The SMILES string of the molecule is CC(C)CN1C(=O)/C(=C/N2CCN(Cc3ccc4c(c3)OCO4)CC2)SC1=S. The van der Waals surface area contributed by atoms with E-state index in [-0.39, 0.29) is 5.91 Å². The van der Waals surface area contributed by atoms with Crippen LogP contribution in [0.4, 0.5) is 0 Å². The molecule has 1 amide bonds. The first-order valence-electron chi connectivity index (χ1n) is 9.60. The lowest BCUT2D eigenvalue weighted by molar-refractivity contribution is -0.122.